The SMILES string of the molecule is CCN(CC(C)C#N)C(=O)c1cc(F)ccc1[N+](=O)[O-]. The monoisotopic (exact) mass is 279 g/mol. The highest BCUT2D eigenvalue weighted by molar-refractivity contribution is 5.98. The lowest BCUT2D eigenvalue weighted by molar-refractivity contribution is -0.385. The van der Waals surface area contributed by atoms with Gasteiger partial charge in [-0.2, -0.15) is 5.26 Å². The van der Waals surface area contributed by atoms with Crippen molar-refractivity contribution in [3.8, 4) is 6.07 Å². The number of benzene rings is 1. The quantitative estimate of drug-likeness (QED) is 0.611. The van der Waals surface area contributed by atoms with Crippen LogP contribution in [0.3, 0.4) is 0 Å². The van der Waals surface area contributed by atoms with Gasteiger partial charge in [-0.3, -0.25) is 14.9 Å². The molecule has 0 radical (unpaired) electrons. The Labute approximate surface area is 115 Å². The van der Waals surface area contributed by atoms with Crippen molar-refractivity contribution >= 4 is 11.6 Å². The van der Waals surface area contributed by atoms with Gasteiger partial charge in [0.25, 0.3) is 11.6 Å². The van der Waals surface area contributed by atoms with Gasteiger partial charge in [0.15, 0.2) is 0 Å². The highest BCUT2D eigenvalue weighted by atomic mass is 19.1. The van der Waals surface area contributed by atoms with Crippen molar-refractivity contribution in [3.63, 3.8) is 0 Å². The third-order valence-corrected chi connectivity index (χ3v) is 2.77. The highest BCUT2D eigenvalue weighted by Crippen LogP contribution is 2.21. The lowest BCUT2D eigenvalue weighted by atomic mass is 10.1. The first kappa shape index (κ1) is 15.6. The number of hydrogen-bond acceptors (Lipinski definition) is 4. The summed E-state index contributed by atoms with van der Waals surface area (Å²) in [4.78, 5) is 23.7. The van der Waals surface area contributed by atoms with Crippen LogP contribution < -0.4 is 0 Å². The molecule has 6 nitrogen and oxygen atoms in total. The first-order valence-corrected chi connectivity index (χ1v) is 6.03. The average molecular weight is 279 g/mol. The maximum absolute atomic E-state index is 13.2. The van der Waals surface area contributed by atoms with E-state index in [1.54, 1.807) is 13.8 Å². The Hall–Kier alpha value is -2.49. The number of nitro groups is 1. The van der Waals surface area contributed by atoms with Crippen LogP contribution in [0.2, 0.25) is 0 Å². The zero-order valence-electron chi connectivity index (χ0n) is 11.2. The molecule has 0 aliphatic heterocycles. The summed E-state index contributed by atoms with van der Waals surface area (Å²) < 4.78 is 13.2. The van der Waals surface area contributed by atoms with Crippen LogP contribution in [0, 0.1) is 33.2 Å². The number of nitro benzene ring substituents is 1. The third-order valence-electron chi connectivity index (χ3n) is 2.77. The van der Waals surface area contributed by atoms with Crippen LogP contribution in [0.5, 0.6) is 0 Å². The minimum absolute atomic E-state index is 0.138. The van der Waals surface area contributed by atoms with E-state index in [-0.39, 0.29) is 18.7 Å². The number of amides is 1. The molecule has 0 saturated heterocycles. The Balaban J connectivity index is 3.15. The predicted octanol–water partition coefficient (Wildman–Crippen LogP) is 2.36. The van der Waals surface area contributed by atoms with Gasteiger partial charge >= 0.3 is 0 Å². The normalized spacial score (nSPS) is 11.5. The van der Waals surface area contributed by atoms with Crippen molar-refractivity contribution in [1.29, 1.82) is 5.26 Å². The molecule has 0 N–H and O–H groups in total. The predicted molar refractivity (Wildman–Crippen MR) is 69.4 cm³/mol. The Bertz CT molecular complexity index is 568. The molecule has 7 heteroatoms. The fourth-order valence-corrected chi connectivity index (χ4v) is 1.74. The summed E-state index contributed by atoms with van der Waals surface area (Å²) in [5.41, 5.74) is -0.749. The summed E-state index contributed by atoms with van der Waals surface area (Å²) in [6.45, 7) is 3.74. The summed E-state index contributed by atoms with van der Waals surface area (Å²) in [6.07, 6.45) is 0. The number of halogens is 1. The lowest BCUT2D eigenvalue weighted by Gasteiger charge is -2.21. The summed E-state index contributed by atoms with van der Waals surface area (Å²) in [6, 6.07) is 4.73. The molecule has 1 aromatic rings. The smallest absolute Gasteiger partial charge is 0.282 e. The fourth-order valence-electron chi connectivity index (χ4n) is 1.74. The number of carbonyl (C=O) groups is 1. The van der Waals surface area contributed by atoms with E-state index < -0.39 is 28.3 Å². The van der Waals surface area contributed by atoms with Crippen molar-refractivity contribution in [2.24, 2.45) is 5.92 Å². The van der Waals surface area contributed by atoms with E-state index in [2.05, 4.69) is 0 Å². The molecule has 0 aliphatic carbocycles. The molecular formula is C13H14FN3O3. The van der Waals surface area contributed by atoms with Gasteiger partial charge in [0, 0.05) is 19.2 Å². The topological polar surface area (TPSA) is 87.2 Å². The molecule has 1 unspecified atom stereocenters. The second-order valence-electron chi connectivity index (χ2n) is 4.29. The molecular weight excluding hydrogens is 265 g/mol. The molecule has 0 bridgehead atoms. The van der Waals surface area contributed by atoms with Crippen LogP contribution in [0.1, 0.15) is 24.2 Å². The number of nitriles is 1. The lowest BCUT2D eigenvalue weighted by Crippen LogP contribution is -2.34. The van der Waals surface area contributed by atoms with Crippen molar-refractivity contribution < 1.29 is 14.1 Å². The third kappa shape index (κ3) is 3.51. The van der Waals surface area contributed by atoms with E-state index in [1.807, 2.05) is 6.07 Å². The van der Waals surface area contributed by atoms with Crippen LogP contribution in [0.25, 0.3) is 0 Å². The molecule has 0 fully saturated rings. The van der Waals surface area contributed by atoms with Crippen molar-refractivity contribution in [1.82, 2.24) is 4.90 Å². The molecule has 1 rings (SSSR count). The second kappa shape index (κ2) is 6.61. The van der Waals surface area contributed by atoms with Gasteiger partial charge in [0.2, 0.25) is 0 Å². The van der Waals surface area contributed by atoms with Crippen LogP contribution in [-0.4, -0.2) is 28.8 Å². The molecule has 1 amide bonds. The summed E-state index contributed by atoms with van der Waals surface area (Å²) in [5.74, 6) is -1.78. The maximum atomic E-state index is 13.2. The highest BCUT2D eigenvalue weighted by Gasteiger charge is 2.25. The molecule has 1 aromatic carbocycles. The van der Waals surface area contributed by atoms with E-state index >= 15 is 0 Å². The number of rotatable bonds is 5. The molecule has 0 aliphatic rings. The van der Waals surface area contributed by atoms with E-state index in [9.17, 15) is 19.3 Å². The van der Waals surface area contributed by atoms with Crippen LogP contribution in [0.4, 0.5) is 10.1 Å². The zero-order valence-corrected chi connectivity index (χ0v) is 11.2. The van der Waals surface area contributed by atoms with Gasteiger partial charge in [-0.25, -0.2) is 4.39 Å². The standard InChI is InChI=1S/C13H14FN3O3/c1-3-16(8-9(2)7-15)13(18)11-6-10(14)4-5-12(11)17(19)20/h4-6,9H,3,8H2,1-2H3. The van der Waals surface area contributed by atoms with Gasteiger partial charge < -0.3 is 4.90 Å². The van der Waals surface area contributed by atoms with Crippen molar-refractivity contribution in [3.05, 3.63) is 39.7 Å². The maximum Gasteiger partial charge on any atom is 0.282 e. The van der Waals surface area contributed by atoms with Gasteiger partial charge in [-0.15, -0.1) is 0 Å². The van der Waals surface area contributed by atoms with E-state index in [0.717, 1.165) is 18.2 Å². The Morgan fingerprint density at radius 2 is 2.25 bits per heavy atom. The van der Waals surface area contributed by atoms with Crippen LogP contribution >= 0.6 is 0 Å². The number of hydrogen-bond donors (Lipinski definition) is 0. The molecule has 0 saturated carbocycles. The Morgan fingerprint density at radius 3 is 2.75 bits per heavy atom. The number of carbonyl (C=O) groups excluding carboxylic acids is 1. The van der Waals surface area contributed by atoms with Gasteiger partial charge in [-0.05, 0) is 26.0 Å². The van der Waals surface area contributed by atoms with Crippen molar-refractivity contribution in [2.75, 3.05) is 13.1 Å². The zero-order chi connectivity index (χ0) is 15.3. The van der Waals surface area contributed by atoms with E-state index in [4.69, 9.17) is 5.26 Å². The summed E-state index contributed by atoms with van der Waals surface area (Å²) in [7, 11) is 0. The summed E-state index contributed by atoms with van der Waals surface area (Å²) >= 11 is 0. The second-order valence-corrected chi connectivity index (χ2v) is 4.29. The molecule has 106 valence electrons. The average Bonchev–Trinajstić information content (AvgIpc) is 2.43. The van der Waals surface area contributed by atoms with Gasteiger partial charge in [-0.1, -0.05) is 0 Å². The van der Waals surface area contributed by atoms with Gasteiger partial charge in [0.1, 0.15) is 11.4 Å². The molecule has 0 spiro atoms. The summed E-state index contributed by atoms with van der Waals surface area (Å²) in [5, 5.41) is 19.6. The largest absolute Gasteiger partial charge is 0.337 e. The first-order chi connectivity index (χ1) is 9.40. The Kier molecular flexibility index (Phi) is 5.15. The van der Waals surface area contributed by atoms with Gasteiger partial charge in [0.05, 0.1) is 16.9 Å². The Morgan fingerprint density at radius 1 is 1.60 bits per heavy atom. The molecule has 0 heterocycles. The molecule has 0 aromatic heterocycles. The molecule has 1 atom stereocenters. The van der Waals surface area contributed by atoms with E-state index in [1.165, 1.54) is 4.90 Å². The minimum Gasteiger partial charge on any atom is -0.337 e. The van der Waals surface area contributed by atoms with Crippen LogP contribution in [0.15, 0.2) is 18.2 Å². The van der Waals surface area contributed by atoms with Crippen LogP contribution in [-0.2, 0) is 0 Å². The number of nitrogens with zero attached hydrogens (tertiary/aromatic N) is 3. The fraction of sp³-hybridized carbons (Fsp3) is 0.385. The van der Waals surface area contributed by atoms with Crippen molar-refractivity contribution in [2.45, 2.75) is 13.8 Å². The molecule has 20 heavy (non-hydrogen) atoms. The first-order valence-electron chi connectivity index (χ1n) is 6.03. The minimum atomic E-state index is -0.728. The van der Waals surface area contributed by atoms with E-state index in [0.29, 0.717) is 0 Å².